The van der Waals surface area contributed by atoms with Gasteiger partial charge in [0.15, 0.2) is 5.69 Å². The van der Waals surface area contributed by atoms with Crippen LogP contribution in [0.1, 0.15) is 36.8 Å². The Hall–Kier alpha value is -2.17. The Balaban J connectivity index is 2.65. The van der Waals surface area contributed by atoms with E-state index in [4.69, 9.17) is 5.11 Å². The Labute approximate surface area is 105 Å². The van der Waals surface area contributed by atoms with E-state index < -0.39 is 5.97 Å². The molecule has 0 spiro atoms. The molecule has 5 nitrogen and oxygen atoms in total. The summed E-state index contributed by atoms with van der Waals surface area (Å²) in [4.78, 5) is 11.1. The predicted molar refractivity (Wildman–Crippen MR) is 67.0 cm³/mol. The highest BCUT2D eigenvalue weighted by atomic mass is 16.4. The van der Waals surface area contributed by atoms with Crippen LogP contribution in [0.25, 0.3) is 5.69 Å². The number of aromatic carboxylic acids is 1. The van der Waals surface area contributed by atoms with Crippen molar-refractivity contribution in [3.05, 3.63) is 41.7 Å². The van der Waals surface area contributed by atoms with E-state index in [1.165, 1.54) is 10.9 Å². The molecule has 0 fully saturated rings. The molecule has 0 saturated carbocycles. The van der Waals surface area contributed by atoms with E-state index in [1.807, 2.05) is 24.3 Å². The van der Waals surface area contributed by atoms with Gasteiger partial charge in [-0.15, -0.1) is 5.10 Å². The van der Waals surface area contributed by atoms with Crippen molar-refractivity contribution < 1.29 is 9.90 Å². The molecule has 5 heteroatoms. The lowest BCUT2D eigenvalue weighted by Gasteiger charge is -2.22. The SMILES string of the molecule is CC(C)(C)c1ccccc1-n1nncc1C(=O)O. The fourth-order valence-corrected chi connectivity index (χ4v) is 1.85. The largest absolute Gasteiger partial charge is 0.476 e. The maximum absolute atomic E-state index is 11.1. The van der Waals surface area contributed by atoms with Crippen molar-refractivity contribution in [2.45, 2.75) is 26.2 Å². The Morgan fingerprint density at radius 2 is 1.94 bits per heavy atom. The second kappa shape index (κ2) is 4.25. The molecule has 0 aliphatic rings. The van der Waals surface area contributed by atoms with Crippen LogP contribution in [-0.2, 0) is 5.41 Å². The van der Waals surface area contributed by atoms with Gasteiger partial charge in [0.2, 0.25) is 0 Å². The molecule has 94 valence electrons. The smallest absolute Gasteiger partial charge is 0.356 e. The van der Waals surface area contributed by atoms with Crippen molar-refractivity contribution in [3.8, 4) is 5.69 Å². The first kappa shape index (κ1) is 12.3. The summed E-state index contributed by atoms with van der Waals surface area (Å²) in [6.07, 6.45) is 1.25. The van der Waals surface area contributed by atoms with Gasteiger partial charge in [0.05, 0.1) is 11.9 Å². The number of nitrogens with zero attached hydrogens (tertiary/aromatic N) is 3. The number of para-hydroxylation sites is 1. The highest BCUT2D eigenvalue weighted by Crippen LogP contribution is 2.28. The molecule has 2 aromatic rings. The van der Waals surface area contributed by atoms with E-state index in [2.05, 4.69) is 31.1 Å². The zero-order valence-corrected chi connectivity index (χ0v) is 10.6. The van der Waals surface area contributed by atoms with E-state index in [0.29, 0.717) is 0 Å². The van der Waals surface area contributed by atoms with Crippen LogP contribution in [0.4, 0.5) is 0 Å². The third-order valence-electron chi connectivity index (χ3n) is 2.71. The maximum atomic E-state index is 11.1. The second-order valence-corrected chi connectivity index (χ2v) is 5.10. The molecular weight excluding hydrogens is 230 g/mol. The van der Waals surface area contributed by atoms with Gasteiger partial charge in [0.25, 0.3) is 0 Å². The summed E-state index contributed by atoms with van der Waals surface area (Å²) < 4.78 is 1.36. The topological polar surface area (TPSA) is 68.0 Å². The van der Waals surface area contributed by atoms with Crippen molar-refractivity contribution in [2.24, 2.45) is 0 Å². The highest BCUT2D eigenvalue weighted by Gasteiger charge is 2.21. The normalized spacial score (nSPS) is 11.5. The van der Waals surface area contributed by atoms with E-state index in [0.717, 1.165) is 11.3 Å². The first-order chi connectivity index (χ1) is 8.41. The lowest BCUT2D eigenvalue weighted by Crippen LogP contribution is -2.17. The second-order valence-electron chi connectivity index (χ2n) is 5.10. The Kier molecular flexibility index (Phi) is 2.90. The van der Waals surface area contributed by atoms with Crippen molar-refractivity contribution >= 4 is 5.97 Å². The summed E-state index contributed by atoms with van der Waals surface area (Å²) in [5.74, 6) is -1.04. The molecule has 18 heavy (non-hydrogen) atoms. The van der Waals surface area contributed by atoms with Gasteiger partial charge >= 0.3 is 5.97 Å². The minimum Gasteiger partial charge on any atom is -0.476 e. The molecule has 0 amide bonds. The maximum Gasteiger partial charge on any atom is 0.356 e. The number of hydrogen-bond donors (Lipinski definition) is 1. The van der Waals surface area contributed by atoms with Crippen LogP contribution < -0.4 is 0 Å². The zero-order valence-electron chi connectivity index (χ0n) is 10.6. The molecule has 2 rings (SSSR count). The molecule has 0 saturated heterocycles. The molecule has 0 aliphatic carbocycles. The summed E-state index contributed by atoms with van der Waals surface area (Å²) in [7, 11) is 0. The quantitative estimate of drug-likeness (QED) is 0.881. The monoisotopic (exact) mass is 245 g/mol. The van der Waals surface area contributed by atoms with Crippen LogP contribution in [0.15, 0.2) is 30.5 Å². The first-order valence-electron chi connectivity index (χ1n) is 5.65. The van der Waals surface area contributed by atoms with Gasteiger partial charge in [-0.3, -0.25) is 0 Å². The number of carbonyl (C=O) groups is 1. The van der Waals surface area contributed by atoms with Crippen LogP contribution >= 0.6 is 0 Å². The van der Waals surface area contributed by atoms with Gasteiger partial charge < -0.3 is 5.11 Å². The van der Waals surface area contributed by atoms with E-state index in [9.17, 15) is 4.79 Å². The number of aromatic nitrogens is 3. The number of carboxylic acids is 1. The number of benzene rings is 1. The lowest BCUT2D eigenvalue weighted by molar-refractivity contribution is 0.0687. The van der Waals surface area contributed by atoms with Gasteiger partial charge in [-0.05, 0) is 17.0 Å². The number of hydrogen-bond acceptors (Lipinski definition) is 3. The standard InChI is InChI=1S/C13H15N3O2/c1-13(2,3)9-6-4-5-7-10(9)16-11(12(17)18)8-14-15-16/h4-8H,1-3H3,(H,17,18). The molecule has 1 heterocycles. The van der Waals surface area contributed by atoms with Crippen LogP contribution in [0.3, 0.4) is 0 Å². The average molecular weight is 245 g/mol. The molecule has 0 radical (unpaired) electrons. The molecule has 0 atom stereocenters. The fraction of sp³-hybridized carbons (Fsp3) is 0.308. The van der Waals surface area contributed by atoms with Gasteiger partial charge in [-0.1, -0.05) is 44.2 Å². The van der Waals surface area contributed by atoms with E-state index in [-0.39, 0.29) is 11.1 Å². The molecule has 0 aliphatic heterocycles. The van der Waals surface area contributed by atoms with Crippen molar-refractivity contribution in [1.29, 1.82) is 0 Å². The lowest BCUT2D eigenvalue weighted by atomic mass is 9.86. The van der Waals surface area contributed by atoms with Crippen LogP contribution in [0, 0.1) is 0 Å². The summed E-state index contributed by atoms with van der Waals surface area (Å²) in [5, 5.41) is 16.7. The summed E-state index contributed by atoms with van der Waals surface area (Å²) >= 11 is 0. The van der Waals surface area contributed by atoms with Crippen LogP contribution in [-0.4, -0.2) is 26.1 Å². The van der Waals surface area contributed by atoms with Crippen molar-refractivity contribution in [1.82, 2.24) is 15.0 Å². The van der Waals surface area contributed by atoms with Crippen LogP contribution in [0.2, 0.25) is 0 Å². The third kappa shape index (κ3) is 2.11. The van der Waals surface area contributed by atoms with Gasteiger partial charge in [0.1, 0.15) is 0 Å². The van der Waals surface area contributed by atoms with E-state index >= 15 is 0 Å². The zero-order chi connectivity index (χ0) is 13.3. The number of carboxylic acid groups (broad SMARTS) is 1. The van der Waals surface area contributed by atoms with Gasteiger partial charge in [-0.25, -0.2) is 9.48 Å². The van der Waals surface area contributed by atoms with E-state index in [1.54, 1.807) is 0 Å². The molecular formula is C13H15N3O2. The highest BCUT2D eigenvalue weighted by molar-refractivity contribution is 5.86. The molecule has 1 aromatic carbocycles. The fourth-order valence-electron chi connectivity index (χ4n) is 1.85. The first-order valence-corrected chi connectivity index (χ1v) is 5.65. The predicted octanol–water partition coefficient (Wildman–Crippen LogP) is 2.26. The summed E-state index contributed by atoms with van der Waals surface area (Å²) in [5.41, 5.74) is 1.74. The molecule has 1 aromatic heterocycles. The Morgan fingerprint density at radius 3 is 2.56 bits per heavy atom. The number of rotatable bonds is 2. The molecule has 0 unspecified atom stereocenters. The molecule has 0 bridgehead atoms. The van der Waals surface area contributed by atoms with Crippen LogP contribution in [0.5, 0.6) is 0 Å². The van der Waals surface area contributed by atoms with Crippen molar-refractivity contribution in [3.63, 3.8) is 0 Å². The summed E-state index contributed by atoms with van der Waals surface area (Å²) in [6.45, 7) is 6.22. The third-order valence-corrected chi connectivity index (χ3v) is 2.71. The minimum absolute atomic E-state index is 0.0618. The summed E-state index contributed by atoms with van der Waals surface area (Å²) in [6, 6.07) is 7.61. The Morgan fingerprint density at radius 1 is 1.28 bits per heavy atom. The molecule has 1 N–H and O–H groups in total. The van der Waals surface area contributed by atoms with Gasteiger partial charge in [-0.2, -0.15) is 0 Å². The van der Waals surface area contributed by atoms with Crippen molar-refractivity contribution in [2.75, 3.05) is 0 Å². The Bertz CT molecular complexity index is 582. The average Bonchev–Trinajstić information content (AvgIpc) is 2.76. The minimum atomic E-state index is -1.04. The van der Waals surface area contributed by atoms with Gasteiger partial charge in [0, 0.05) is 0 Å².